The fourth-order valence-electron chi connectivity index (χ4n) is 2.64. The maximum absolute atomic E-state index is 12.9. The molecule has 0 unspecified atom stereocenters. The molecule has 6 nitrogen and oxygen atoms in total. The Morgan fingerprint density at radius 1 is 1.18 bits per heavy atom. The largest absolute Gasteiger partial charge is 0.334 e. The van der Waals surface area contributed by atoms with Crippen LogP contribution in [0.3, 0.4) is 0 Å². The zero-order chi connectivity index (χ0) is 20.6. The Kier molecular flexibility index (Phi) is 7.50. The second-order valence-electron chi connectivity index (χ2n) is 6.20. The molecule has 0 fully saturated rings. The molecule has 146 valence electrons. The third-order valence-corrected chi connectivity index (χ3v) is 5.51. The van der Waals surface area contributed by atoms with Crippen LogP contribution in [0, 0.1) is 11.3 Å². The fraction of sp³-hybridized carbons (Fsp3) is 0.238. The summed E-state index contributed by atoms with van der Waals surface area (Å²) in [6.07, 6.45) is 2.25. The summed E-state index contributed by atoms with van der Waals surface area (Å²) in [6.45, 7) is 6.59. The Hall–Kier alpha value is -2.95. The van der Waals surface area contributed by atoms with E-state index in [2.05, 4.69) is 17.4 Å². The summed E-state index contributed by atoms with van der Waals surface area (Å²) in [5.41, 5.74) is 1.91. The zero-order valence-electron chi connectivity index (χ0n) is 15.8. The number of nitrogens with one attached hydrogen (secondary N) is 1. The van der Waals surface area contributed by atoms with Crippen LogP contribution in [0.2, 0.25) is 0 Å². The molecule has 0 saturated carbocycles. The van der Waals surface area contributed by atoms with Crippen molar-refractivity contribution >= 4 is 15.9 Å². The van der Waals surface area contributed by atoms with E-state index in [4.69, 9.17) is 5.26 Å². The normalized spacial score (nSPS) is 10.9. The number of nitrogens with zero attached hydrogens (tertiary/aromatic N) is 2. The molecule has 0 bridgehead atoms. The lowest BCUT2D eigenvalue weighted by Crippen LogP contribution is -2.31. The predicted octanol–water partition coefficient (Wildman–Crippen LogP) is 3.07. The molecule has 0 aliphatic heterocycles. The Morgan fingerprint density at radius 2 is 1.82 bits per heavy atom. The van der Waals surface area contributed by atoms with E-state index in [1.807, 2.05) is 19.1 Å². The highest BCUT2D eigenvalue weighted by molar-refractivity contribution is 7.89. The first-order valence-electron chi connectivity index (χ1n) is 8.90. The van der Waals surface area contributed by atoms with E-state index in [-0.39, 0.29) is 17.3 Å². The van der Waals surface area contributed by atoms with Crippen LogP contribution in [0.15, 0.2) is 66.1 Å². The van der Waals surface area contributed by atoms with Crippen molar-refractivity contribution in [2.24, 2.45) is 0 Å². The van der Waals surface area contributed by atoms with Gasteiger partial charge in [-0.2, -0.15) is 5.26 Å². The van der Waals surface area contributed by atoms with Gasteiger partial charge in [-0.3, -0.25) is 4.79 Å². The SMILES string of the molecule is C=CCNS(=O)(=O)c1ccc(C(=O)N(CCC)Cc2ccc(C#N)cc2)cc1. The quantitative estimate of drug-likeness (QED) is 0.659. The lowest BCUT2D eigenvalue weighted by Gasteiger charge is -2.22. The number of carbonyl (C=O) groups excluding carboxylic acids is 1. The third-order valence-electron chi connectivity index (χ3n) is 4.07. The van der Waals surface area contributed by atoms with Crippen LogP contribution in [-0.4, -0.2) is 32.3 Å². The maximum atomic E-state index is 12.9. The second-order valence-corrected chi connectivity index (χ2v) is 7.97. The minimum absolute atomic E-state index is 0.0973. The van der Waals surface area contributed by atoms with Gasteiger partial charge in [-0.15, -0.1) is 6.58 Å². The molecular weight excluding hydrogens is 374 g/mol. The maximum Gasteiger partial charge on any atom is 0.254 e. The summed E-state index contributed by atoms with van der Waals surface area (Å²) in [5.74, 6) is -0.172. The highest BCUT2D eigenvalue weighted by Crippen LogP contribution is 2.15. The Labute approximate surface area is 166 Å². The molecule has 0 radical (unpaired) electrons. The van der Waals surface area contributed by atoms with E-state index in [0.29, 0.717) is 24.2 Å². The molecule has 2 aromatic rings. The molecule has 0 aliphatic carbocycles. The topological polar surface area (TPSA) is 90.3 Å². The molecule has 0 aliphatic rings. The number of rotatable bonds is 9. The van der Waals surface area contributed by atoms with Gasteiger partial charge in [0.05, 0.1) is 16.5 Å². The molecule has 7 heteroatoms. The number of benzene rings is 2. The van der Waals surface area contributed by atoms with Gasteiger partial charge < -0.3 is 4.90 Å². The number of carbonyl (C=O) groups is 1. The first-order chi connectivity index (χ1) is 13.4. The average Bonchev–Trinajstić information content (AvgIpc) is 2.72. The zero-order valence-corrected chi connectivity index (χ0v) is 16.6. The molecule has 0 aromatic heterocycles. The van der Waals surface area contributed by atoms with E-state index in [0.717, 1.165) is 12.0 Å². The van der Waals surface area contributed by atoms with Crippen molar-refractivity contribution in [3.05, 3.63) is 77.9 Å². The lowest BCUT2D eigenvalue weighted by molar-refractivity contribution is 0.0743. The van der Waals surface area contributed by atoms with Crippen LogP contribution in [0.4, 0.5) is 0 Å². The van der Waals surface area contributed by atoms with Gasteiger partial charge in [0.25, 0.3) is 5.91 Å². The molecule has 2 aromatic carbocycles. The van der Waals surface area contributed by atoms with Crippen LogP contribution >= 0.6 is 0 Å². The van der Waals surface area contributed by atoms with Gasteiger partial charge in [0.15, 0.2) is 0 Å². The smallest absolute Gasteiger partial charge is 0.254 e. The number of amides is 1. The summed E-state index contributed by atoms with van der Waals surface area (Å²) in [4.78, 5) is 14.7. The van der Waals surface area contributed by atoms with Gasteiger partial charge >= 0.3 is 0 Å². The molecule has 28 heavy (non-hydrogen) atoms. The van der Waals surface area contributed by atoms with E-state index in [9.17, 15) is 13.2 Å². The van der Waals surface area contributed by atoms with Gasteiger partial charge in [-0.05, 0) is 48.4 Å². The first kappa shape index (κ1) is 21.4. The number of nitriles is 1. The van der Waals surface area contributed by atoms with Crippen molar-refractivity contribution in [1.29, 1.82) is 5.26 Å². The molecule has 0 atom stereocenters. The van der Waals surface area contributed by atoms with Gasteiger partial charge in [-0.25, -0.2) is 13.1 Å². The number of sulfonamides is 1. The lowest BCUT2D eigenvalue weighted by atomic mass is 10.1. The van der Waals surface area contributed by atoms with Crippen LogP contribution in [0.1, 0.15) is 34.8 Å². The number of hydrogen-bond acceptors (Lipinski definition) is 4. The number of hydrogen-bond donors (Lipinski definition) is 1. The highest BCUT2D eigenvalue weighted by atomic mass is 32.2. The summed E-state index contributed by atoms with van der Waals surface area (Å²) in [7, 11) is -3.62. The molecule has 0 saturated heterocycles. The van der Waals surface area contributed by atoms with Crippen molar-refractivity contribution in [2.45, 2.75) is 24.8 Å². The molecule has 1 N–H and O–H groups in total. The minimum Gasteiger partial charge on any atom is -0.334 e. The van der Waals surface area contributed by atoms with Crippen molar-refractivity contribution in [1.82, 2.24) is 9.62 Å². The molecule has 2 rings (SSSR count). The monoisotopic (exact) mass is 397 g/mol. The Balaban J connectivity index is 2.17. The van der Waals surface area contributed by atoms with Gasteiger partial charge in [0, 0.05) is 25.2 Å². The van der Waals surface area contributed by atoms with E-state index in [1.54, 1.807) is 17.0 Å². The molecule has 0 spiro atoms. The molecule has 0 heterocycles. The first-order valence-corrected chi connectivity index (χ1v) is 10.4. The van der Waals surface area contributed by atoms with Gasteiger partial charge in [0.2, 0.25) is 10.0 Å². The summed E-state index contributed by atoms with van der Waals surface area (Å²) in [6, 6.07) is 15.1. The molecule has 1 amide bonds. The van der Waals surface area contributed by atoms with Crippen molar-refractivity contribution in [3.63, 3.8) is 0 Å². The van der Waals surface area contributed by atoms with Gasteiger partial charge in [-0.1, -0.05) is 25.1 Å². The van der Waals surface area contributed by atoms with Crippen molar-refractivity contribution < 1.29 is 13.2 Å². The van der Waals surface area contributed by atoms with Crippen LogP contribution < -0.4 is 4.72 Å². The summed E-state index contributed by atoms with van der Waals surface area (Å²) < 4.78 is 26.6. The van der Waals surface area contributed by atoms with Gasteiger partial charge in [0.1, 0.15) is 0 Å². The summed E-state index contributed by atoms with van der Waals surface area (Å²) in [5, 5.41) is 8.89. The van der Waals surface area contributed by atoms with Crippen LogP contribution in [0.25, 0.3) is 0 Å². The molecular formula is C21H23N3O3S. The van der Waals surface area contributed by atoms with E-state index in [1.165, 1.54) is 30.3 Å². The standard InChI is InChI=1S/C21H23N3O3S/c1-3-13-23-28(26,27)20-11-9-19(10-12-20)21(25)24(14-4-2)16-18-7-5-17(15-22)6-8-18/h3,5-12,23H,1,4,13-14,16H2,2H3. The van der Waals surface area contributed by atoms with E-state index < -0.39 is 10.0 Å². The van der Waals surface area contributed by atoms with Crippen LogP contribution in [-0.2, 0) is 16.6 Å². The summed E-state index contributed by atoms with van der Waals surface area (Å²) >= 11 is 0. The third kappa shape index (κ3) is 5.52. The highest BCUT2D eigenvalue weighted by Gasteiger charge is 2.18. The minimum atomic E-state index is -3.62. The van der Waals surface area contributed by atoms with Crippen LogP contribution in [0.5, 0.6) is 0 Å². The van der Waals surface area contributed by atoms with Crippen molar-refractivity contribution in [2.75, 3.05) is 13.1 Å². The average molecular weight is 398 g/mol. The Morgan fingerprint density at radius 3 is 2.36 bits per heavy atom. The van der Waals surface area contributed by atoms with Crippen molar-refractivity contribution in [3.8, 4) is 6.07 Å². The second kappa shape index (κ2) is 9.83. The Bertz CT molecular complexity index is 959. The predicted molar refractivity (Wildman–Crippen MR) is 108 cm³/mol. The fourth-order valence-corrected chi connectivity index (χ4v) is 3.64. The van der Waals surface area contributed by atoms with E-state index >= 15 is 0 Å².